The van der Waals surface area contributed by atoms with Crippen LogP contribution in [0.1, 0.15) is 34.6 Å². The van der Waals surface area contributed by atoms with Crippen molar-refractivity contribution in [2.24, 2.45) is 11.1 Å². The van der Waals surface area contributed by atoms with Crippen LogP contribution >= 0.6 is 0 Å². The second kappa shape index (κ2) is 8.01. The van der Waals surface area contributed by atoms with Gasteiger partial charge in [0.05, 0.1) is 5.41 Å². The SMILES string of the molecule is C/C=C(N)/C=C\N(C(C)=O)[C@@H]1OC(COC(=O)C(C)(C)C)=C[C@H]1O. The van der Waals surface area contributed by atoms with Crippen molar-refractivity contribution >= 4 is 11.9 Å². The first-order chi connectivity index (χ1) is 11.1. The number of rotatable bonds is 5. The van der Waals surface area contributed by atoms with Crippen molar-refractivity contribution in [3.05, 3.63) is 35.9 Å². The van der Waals surface area contributed by atoms with Gasteiger partial charge in [0.25, 0.3) is 0 Å². The predicted molar refractivity (Wildman–Crippen MR) is 89.0 cm³/mol. The molecular weight excluding hydrogens is 312 g/mol. The number of carbonyl (C=O) groups is 2. The number of hydrogen-bond acceptors (Lipinski definition) is 6. The number of nitrogens with two attached hydrogens (primary N) is 1. The Morgan fingerprint density at radius 3 is 2.58 bits per heavy atom. The average Bonchev–Trinajstić information content (AvgIpc) is 2.84. The zero-order chi connectivity index (χ0) is 18.5. The summed E-state index contributed by atoms with van der Waals surface area (Å²) >= 11 is 0. The standard InChI is InChI=1S/C17H26N2O5/c1-6-12(18)7-8-19(11(2)20)15-14(21)9-13(24-15)10-23-16(22)17(3,4)5/h6-9,14-15,21H,10,18H2,1-5H3/b8-7-,12-6-/t14-,15-/m1/s1. The van der Waals surface area contributed by atoms with Crippen LogP contribution in [0.4, 0.5) is 0 Å². The summed E-state index contributed by atoms with van der Waals surface area (Å²) in [5, 5.41) is 10.1. The minimum absolute atomic E-state index is 0.101. The maximum absolute atomic E-state index is 11.8. The molecule has 134 valence electrons. The van der Waals surface area contributed by atoms with Crippen LogP contribution in [0.5, 0.6) is 0 Å². The van der Waals surface area contributed by atoms with Gasteiger partial charge in [0.2, 0.25) is 12.1 Å². The molecule has 0 spiro atoms. The normalized spacial score (nSPS) is 21.4. The van der Waals surface area contributed by atoms with Gasteiger partial charge in [-0.15, -0.1) is 0 Å². The molecule has 24 heavy (non-hydrogen) atoms. The molecule has 0 aromatic heterocycles. The molecule has 1 rings (SSSR count). The number of amides is 1. The van der Waals surface area contributed by atoms with E-state index in [1.807, 2.05) is 0 Å². The molecule has 2 atom stereocenters. The number of carbonyl (C=O) groups excluding carboxylic acids is 2. The highest BCUT2D eigenvalue weighted by atomic mass is 16.6. The lowest BCUT2D eigenvalue weighted by Crippen LogP contribution is -2.41. The number of hydrogen-bond donors (Lipinski definition) is 2. The van der Waals surface area contributed by atoms with Crippen molar-refractivity contribution in [1.82, 2.24) is 4.90 Å². The van der Waals surface area contributed by atoms with E-state index in [9.17, 15) is 14.7 Å². The molecule has 0 aliphatic carbocycles. The van der Waals surface area contributed by atoms with E-state index >= 15 is 0 Å². The number of esters is 1. The molecule has 1 aliphatic heterocycles. The van der Waals surface area contributed by atoms with Crippen molar-refractivity contribution < 1.29 is 24.2 Å². The number of aliphatic hydroxyl groups is 1. The van der Waals surface area contributed by atoms with Crippen molar-refractivity contribution in [3.8, 4) is 0 Å². The van der Waals surface area contributed by atoms with E-state index in [0.717, 1.165) is 0 Å². The van der Waals surface area contributed by atoms with E-state index in [1.165, 1.54) is 30.2 Å². The summed E-state index contributed by atoms with van der Waals surface area (Å²) in [5.41, 5.74) is 5.51. The first-order valence-electron chi connectivity index (χ1n) is 7.67. The molecule has 1 aliphatic rings. The summed E-state index contributed by atoms with van der Waals surface area (Å²) in [4.78, 5) is 24.8. The van der Waals surface area contributed by atoms with Gasteiger partial charge >= 0.3 is 5.97 Å². The fraction of sp³-hybridized carbons (Fsp3) is 0.529. The molecule has 0 saturated heterocycles. The number of ether oxygens (including phenoxy) is 2. The Kier molecular flexibility index (Phi) is 6.60. The molecule has 0 fully saturated rings. The Morgan fingerprint density at radius 1 is 1.46 bits per heavy atom. The zero-order valence-corrected chi connectivity index (χ0v) is 14.8. The molecule has 7 nitrogen and oxygen atoms in total. The van der Waals surface area contributed by atoms with E-state index in [2.05, 4.69) is 0 Å². The fourth-order valence-corrected chi connectivity index (χ4v) is 1.83. The number of nitrogens with zero attached hydrogens (tertiary/aromatic N) is 1. The van der Waals surface area contributed by atoms with E-state index in [1.54, 1.807) is 33.8 Å². The third-order valence-electron chi connectivity index (χ3n) is 3.28. The summed E-state index contributed by atoms with van der Waals surface area (Å²) in [7, 11) is 0. The second-order valence-electron chi connectivity index (χ2n) is 6.49. The predicted octanol–water partition coefficient (Wildman–Crippen LogP) is 1.40. The van der Waals surface area contributed by atoms with Gasteiger partial charge in [0, 0.05) is 18.8 Å². The third-order valence-corrected chi connectivity index (χ3v) is 3.28. The molecule has 0 radical (unpaired) electrons. The van der Waals surface area contributed by atoms with Crippen LogP contribution in [0.25, 0.3) is 0 Å². The highest BCUT2D eigenvalue weighted by molar-refractivity contribution is 5.75. The van der Waals surface area contributed by atoms with Crippen molar-refractivity contribution in [2.75, 3.05) is 6.61 Å². The lowest BCUT2D eigenvalue weighted by molar-refractivity contribution is -0.154. The topological polar surface area (TPSA) is 102 Å². The molecule has 3 N–H and O–H groups in total. The molecule has 0 aromatic rings. The second-order valence-corrected chi connectivity index (χ2v) is 6.49. The molecule has 0 aromatic carbocycles. The van der Waals surface area contributed by atoms with E-state index < -0.39 is 17.7 Å². The van der Waals surface area contributed by atoms with Gasteiger partial charge < -0.3 is 20.3 Å². The molecule has 7 heteroatoms. The molecular formula is C17H26N2O5. The molecule has 0 saturated carbocycles. The largest absolute Gasteiger partial charge is 0.468 e. The fourth-order valence-electron chi connectivity index (χ4n) is 1.83. The van der Waals surface area contributed by atoms with Gasteiger partial charge in [-0.2, -0.15) is 0 Å². The quantitative estimate of drug-likeness (QED) is 0.580. The summed E-state index contributed by atoms with van der Waals surface area (Å²) in [6, 6.07) is 0. The minimum atomic E-state index is -1.03. The van der Waals surface area contributed by atoms with Crippen LogP contribution in [0.3, 0.4) is 0 Å². The van der Waals surface area contributed by atoms with Crippen LogP contribution in [0.2, 0.25) is 0 Å². The first kappa shape index (κ1) is 19.8. The van der Waals surface area contributed by atoms with Gasteiger partial charge in [-0.1, -0.05) is 6.08 Å². The number of allylic oxidation sites excluding steroid dienone is 2. The van der Waals surface area contributed by atoms with Gasteiger partial charge in [-0.25, -0.2) is 0 Å². The average molecular weight is 338 g/mol. The van der Waals surface area contributed by atoms with Crippen molar-refractivity contribution in [3.63, 3.8) is 0 Å². The lowest BCUT2D eigenvalue weighted by atomic mass is 9.97. The van der Waals surface area contributed by atoms with E-state index in [0.29, 0.717) is 11.5 Å². The van der Waals surface area contributed by atoms with Gasteiger partial charge in [0.1, 0.15) is 18.5 Å². The first-order valence-corrected chi connectivity index (χ1v) is 7.67. The summed E-state index contributed by atoms with van der Waals surface area (Å²) < 4.78 is 10.7. The zero-order valence-electron chi connectivity index (χ0n) is 14.8. The minimum Gasteiger partial charge on any atom is -0.468 e. The van der Waals surface area contributed by atoms with Crippen LogP contribution < -0.4 is 5.73 Å². The Hall–Kier alpha value is -2.28. The van der Waals surface area contributed by atoms with Crippen LogP contribution in [0.15, 0.2) is 35.9 Å². The molecule has 1 heterocycles. The van der Waals surface area contributed by atoms with E-state index in [4.69, 9.17) is 15.2 Å². The molecule has 0 unspecified atom stereocenters. The summed E-state index contributed by atoms with van der Waals surface area (Å²) in [5.74, 6) is -0.404. The van der Waals surface area contributed by atoms with Gasteiger partial charge in [0.15, 0.2) is 0 Å². The van der Waals surface area contributed by atoms with Crippen LogP contribution in [-0.4, -0.2) is 40.8 Å². The summed E-state index contributed by atoms with van der Waals surface area (Å²) in [6.07, 6.45) is 4.12. The maximum atomic E-state index is 11.8. The van der Waals surface area contributed by atoms with Crippen molar-refractivity contribution in [1.29, 1.82) is 0 Å². The van der Waals surface area contributed by atoms with Crippen LogP contribution in [0, 0.1) is 5.41 Å². The lowest BCUT2D eigenvalue weighted by Gasteiger charge is -2.27. The third kappa shape index (κ3) is 5.42. The Labute approximate surface area is 142 Å². The Balaban J connectivity index is 2.74. The Bertz CT molecular complexity index is 572. The summed E-state index contributed by atoms with van der Waals surface area (Å²) in [6.45, 7) is 8.24. The monoisotopic (exact) mass is 338 g/mol. The molecule has 0 bridgehead atoms. The van der Waals surface area contributed by atoms with E-state index in [-0.39, 0.29) is 18.5 Å². The van der Waals surface area contributed by atoms with Gasteiger partial charge in [-0.05, 0) is 39.8 Å². The molecule has 1 amide bonds. The highest BCUT2D eigenvalue weighted by Crippen LogP contribution is 2.23. The van der Waals surface area contributed by atoms with Crippen molar-refractivity contribution in [2.45, 2.75) is 47.0 Å². The smallest absolute Gasteiger partial charge is 0.311 e. The maximum Gasteiger partial charge on any atom is 0.311 e. The number of aliphatic hydroxyl groups excluding tert-OH is 1. The van der Waals surface area contributed by atoms with Crippen LogP contribution in [-0.2, 0) is 19.1 Å². The van der Waals surface area contributed by atoms with Gasteiger partial charge in [-0.3, -0.25) is 14.5 Å². The highest BCUT2D eigenvalue weighted by Gasteiger charge is 2.34. The Morgan fingerprint density at radius 2 is 2.08 bits per heavy atom.